The highest BCUT2D eigenvalue weighted by molar-refractivity contribution is 7.89. The largest absolute Gasteiger partial charge is 0.861 e. The normalized spacial score (nSPS) is 23.2. The van der Waals surface area contributed by atoms with E-state index in [0.29, 0.717) is 0 Å². The van der Waals surface area contributed by atoms with Crippen molar-refractivity contribution in [2.24, 2.45) is 8.80 Å². The molecule has 0 aromatic carbocycles. The van der Waals surface area contributed by atoms with E-state index in [1.807, 2.05) is 0 Å². The van der Waals surface area contributed by atoms with Gasteiger partial charge in [0.1, 0.15) is 0 Å². The van der Waals surface area contributed by atoms with Crippen LogP contribution in [0.2, 0.25) is 0 Å². The van der Waals surface area contributed by atoms with Gasteiger partial charge < -0.3 is 10.2 Å². The van der Waals surface area contributed by atoms with Crippen LogP contribution in [0.4, 0.5) is 0 Å². The quantitative estimate of drug-likeness (QED) is 0.382. The third-order valence-corrected chi connectivity index (χ3v) is 1.61. The molecule has 6 nitrogen and oxygen atoms in total. The van der Waals surface area contributed by atoms with Crippen LogP contribution in [0.5, 0.6) is 0 Å². The van der Waals surface area contributed by atoms with Crippen LogP contribution < -0.4 is 10.2 Å². The molecule has 0 spiro atoms. The highest BCUT2D eigenvalue weighted by atomic mass is 32.2. The Hall–Kier alpha value is -1.11. The van der Waals surface area contributed by atoms with Crippen LogP contribution in [0.15, 0.2) is 8.80 Å². The van der Waals surface area contributed by atoms with Gasteiger partial charge in [0.05, 0.1) is 0 Å². The molecule has 1 aliphatic rings. The van der Waals surface area contributed by atoms with Crippen molar-refractivity contribution in [1.29, 1.82) is 0 Å². The monoisotopic (exact) mass is 162 g/mol. The van der Waals surface area contributed by atoms with Crippen molar-refractivity contribution in [2.75, 3.05) is 0 Å². The average Bonchev–Trinajstić information content (AvgIpc) is 1.54. The van der Waals surface area contributed by atoms with Gasteiger partial charge in [0, 0.05) is 6.42 Å². The Morgan fingerprint density at radius 2 is 1.60 bits per heavy atom. The SMILES string of the molecule is O=S1(=O)N=C([O-])CC([O-])=N1. The fraction of sp³-hybridized carbons (Fsp3) is 0.333. The summed E-state index contributed by atoms with van der Waals surface area (Å²) in [5.74, 6) is -1.92. The van der Waals surface area contributed by atoms with Crippen LogP contribution in [0.25, 0.3) is 0 Å². The van der Waals surface area contributed by atoms with Crippen molar-refractivity contribution in [1.82, 2.24) is 0 Å². The highest BCUT2D eigenvalue weighted by Crippen LogP contribution is 2.01. The third-order valence-electron chi connectivity index (χ3n) is 0.737. The molecule has 10 heavy (non-hydrogen) atoms. The molecule has 0 N–H and O–H groups in total. The van der Waals surface area contributed by atoms with Gasteiger partial charge in [0.2, 0.25) is 0 Å². The molecule has 1 heterocycles. The molecule has 0 bridgehead atoms. The van der Waals surface area contributed by atoms with Gasteiger partial charge in [0.25, 0.3) is 0 Å². The molecule has 1 rings (SSSR count). The van der Waals surface area contributed by atoms with Crippen LogP contribution in [0.3, 0.4) is 0 Å². The lowest BCUT2D eigenvalue weighted by Crippen LogP contribution is -2.32. The maximum atomic E-state index is 10.3. The molecule has 0 saturated carbocycles. The van der Waals surface area contributed by atoms with Crippen LogP contribution in [0, 0.1) is 0 Å². The maximum Gasteiger partial charge on any atom is 0.361 e. The van der Waals surface area contributed by atoms with Crippen molar-refractivity contribution >= 4 is 22.0 Å². The van der Waals surface area contributed by atoms with Crippen LogP contribution >= 0.6 is 0 Å². The van der Waals surface area contributed by atoms with Crippen molar-refractivity contribution in [3.05, 3.63) is 0 Å². The molecule has 0 aromatic heterocycles. The van der Waals surface area contributed by atoms with Gasteiger partial charge in [-0.25, -0.2) is 0 Å². The molecule has 0 amide bonds. The van der Waals surface area contributed by atoms with E-state index in [-0.39, 0.29) is 0 Å². The molecule has 0 atom stereocenters. The second-order valence-corrected chi connectivity index (χ2v) is 2.86. The molecule has 0 radical (unpaired) electrons. The second-order valence-electron chi connectivity index (χ2n) is 1.59. The number of rotatable bonds is 0. The van der Waals surface area contributed by atoms with Gasteiger partial charge in [-0.15, -0.1) is 0 Å². The summed E-state index contributed by atoms with van der Waals surface area (Å²) in [6.07, 6.45) is -0.542. The molecule has 0 unspecified atom stereocenters. The predicted molar refractivity (Wildman–Crippen MR) is 28.4 cm³/mol. The number of hydrogen-bond donors (Lipinski definition) is 0. The first-order chi connectivity index (χ1) is 4.49. The van der Waals surface area contributed by atoms with E-state index in [9.17, 15) is 18.6 Å². The minimum atomic E-state index is -4.13. The summed E-state index contributed by atoms with van der Waals surface area (Å²) < 4.78 is 25.8. The maximum absolute atomic E-state index is 10.3. The predicted octanol–water partition coefficient (Wildman–Crippen LogP) is -2.85. The van der Waals surface area contributed by atoms with Crippen molar-refractivity contribution < 1.29 is 18.6 Å². The summed E-state index contributed by atoms with van der Waals surface area (Å²) >= 11 is 0. The van der Waals surface area contributed by atoms with Crippen molar-refractivity contribution in [2.45, 2.75) is 6.42 Å². The fourth-order valence-corrected chi connectivity index (χ4v) is 1.16. The van der Waals surface area contributed by atoms with Gasteiger partial charge in [-0.05, 0) is 11.8 Å². The van der Waals surface area contributed by atoms with Gasteiger partial charge in [-0.1, -0.05) is 0 Å². The van der Waals surface area contributed by atoms with E-state index >= 15 is 0 Å². The van der Waals surface area contributed by atoms with Gasteiger partial charge in [0.15, 0.2) is 0 Å². The minimum Gasteiger partial charge on any atom is -0.861 e. The second kappa shape index (κ2) is 1.94. The molecule has 0 fully saturated rings. The number of nitrogens with zero attached hydrogens (tertiary/aromatic N) is 2. The first kappa shape index (κ1) is 7.00. The summed E-state index contributed by atoms with van der Waals surface area (Å²) in [7, 11) is -4.13. The summed E-state index contributed by atoms with van der Waals surface area (Å²) in [5.41, 5.74) is 0. The number of hydrogen-bond acceptors (Lipinski definition) is 4. The van der Waals surface area contributed by atoms with Crippen LogP contribution in [-0.4, -0.2) is 20.2 Å². The lowest BCUT2D eigenvalue weighted by atomic mass is 10.4. The molecule has 7 heteroatoms. The summed E-state index contributed by atoms with van der Waals surface area (Å²) in [4.78, 5) is 0. The molecule has 0 saturated heterocycles. The topological polar surface area (TPSA) is 105 Å². The molecular weight excluding hydrogens is 160 g/mol. The first-order valence-electron chi connectivity index (χ1n) is 2.26. The van der Waals surface area contributed by atoms with Gasteiger partial charge in [-0.3, -0.25) is 0 Å². The Bertz CT molecular complexity index is 276. The lowest BCUT2D eigenvalue weighted by Gasteiger charge is -2.18. The Labute approximate surface area is 56.7 Å². The Morgan fingerprint density at radius 1 is 1.20 bits per heavy atom. The molecule has 0 aliphatic carbocycles. The zero-order chi connectivity index (χ0) is 7.78. The zero-order valence-electron chi connectivity index (χ0n) is 4.64. The standard InChI is InChI=1S/C3H4N2O4S/c6-2-1-3(7)5-10(8,9)4-2/h1H2,(H,4,6)(H,5,7)/p-2. The highest BCUT2D eigenvalue weighted by Gasteiger charge is 2.07. The van der Waals surface area contributed by atoms with Gasteiger partial charge >= 0.3 is 10.2 Å². The van der Waals surface area contributed by atoms with Gasteiger partial charge in [-0.2, -0.15) is 17.2 Å². The van der Waals surface area contributed by atoms with E-state index in [1.54, 1.807) is 0 Å². The summed E-state index contributed by atoms with van der Waals surface area (Å²) in [6.45, 7) is 0. The van der Waals surface area contributed by atoms with E-state index in [0.717, 1.165) is 0 Å². The van der Waals surface area contributed by atoms with Crippen LogP contribution in [-0.2, 0) is 10.2 Å². The Kier molecular flexibility index (Phi) is 1.36. The van der Waals surface area contributed by atoms with E-state index < -0.39 is 28.4 Å². The Morgan fingerprint density at radius 3 is 1.90 bits per heavy atom. The third kappa shape index (κ3) is 1.44. The van der Waals surface area contributed by atoms with Crippen molar-refractivity contribution in [3.8, 4) is 0 Å². The van der Waals surface area contributed by atoms with Crippen molar-refractivity contribution in [3.63, 3.8) is 0 Å². The van der Waals surface area contributed by atoms with E-state index in [2.05, 4.69) is 8.80 Å². The first-order valence-corrected chi connectivity index (χ1v) is 3.66. The smallest absolute Gasteiger partial charge is 0.361 e. The molecule has 56 valence electrons. The average molecular weight is 162 g/mol. The summed E-state index contributed by atoms with van der Waals surface area (Å²) in [5, 5.41) is 20.5. The molecule has 0 aromatic rings. The molecular formula is C3H2N2O4S-2. The summed E-state index contributed by atoms with van der Waals surface area (Å²) in [6, 6.07) is 0. The zero-order valence-corrected chi connectivity index (χ0v) is 5.46. The van der Waals surface area contributed by atoms with Crippen LogP contribution in [0.1, 0.15) is 6.42 Å². The molecule has 1 aliphatic heterocycles. The minimum absolute atomic E-state index is 0.542. The van der Waals surface area contributed by atoms with E-state index in [1.165, 1.54) is 0 Å². The van der Waals surface area contributed by atoms with E-state index in [4.69, 9.17) is 0 Å². The fourth-order valence-electron chi connectivity index (χ4n) is 0.472. The Balaban J connectivity index is 3.12. The lowest BCUT2D eigenvalue weighted by molar-refractivity contribution is -0.232.